The molecule has 0 aliphatic carbocycles. The van der Waals surface area contributed by atoms with Gasteiger partial charge in [0.2, 0.25) is 5.71 Å². The molecule has 1 N–H and O–H groups in total. The number of hydrazone groups is 1. The van der Waals surface area contributed by atoms with Gasteiger partial charge >= 0.3 is 0 Å². The number of nitrogens with zero attached hydrogens (tertiary/aromatic N) is 3. The van der Waals surface area contributed by atoms with Crippen LogP contribution in [0.3, 0.4) is 0 Å². The summed E-state index contributed by atoms with van der Waals surface area (Å²) in [6, 6.07) is 4.28. The Morgan fingerprint density at radius 1 is 1.53 bits per heavy atom. The van der Waals surface area contributed by atoms with Gasteiger partial charge in [-0.2, -0.15) is 15.6 Å². The van der Waals surface area contributed by atoms with Crippen LogP contribution in [0.1, 0.15) is 5.56 Å². The quantitative estimate of drug-likeness (QED) is 0.672. The van der Waals surface area contributed by atoms with Crippen LogP contribution in [0.5, 0.6) is 0 Å². The topological polar surface area (TPSA) is 72.0 Å². The van der Waals surface area contributed by atoms with Crippen molar-refractivity contribution in [3.8, 4) is 12.1 Å². The van der Waals surface area contributed by atoms with Crippen molar-refractivity contribution in [1.82, 2.24) is 0 Å². The summed E-state index contributed by atoms with van der Waals surface area (Å²) < 4.78 is 13.7. The van der Waals surface area contributed by atoms with Crippen molar-refractivity contribution >= 4 is 38.9 Å². The number of anilines is 1. The predicted octanol–water partition coefficient (Wildman–Crippen LogP) is 3.37. The molecule has 0 aliphatic heterocycles. The minimum absolute atomic E-state index is 0.0963. The molecule has 4 nitrogen and oxygen atoms in total. The van der Waals surface area contributed by atoms with Gasteiger partial charge in [0, 0.05) is 10.0 Å². The Labute approximate surface area is 110 Å². The molecular formula is C10H5BrClFN4. The molecule has 0 bridgehead atoms. The second kappa shape index (κ2) is 5.62. The molecule has 86 valence electrons. The molecule has 1 aromatic rings. The van der Waals surface area contributed by atoms with Crippen LogP contribution < -0.4 is 5.43 Å². The molecule has 0 radical (unpaired) electrons. The molecule has 0 saturated carbocycles. The molecule has 0 saturated heterocycles. The highest BCUT2D eigenvalue weighted by Crippen LogP contribution is 2.34. The minimum Gasteiger partial charge on any atom is -0.274 e. The summed E-state index contributed by atoms with van der Waals surface area (Å²) in [5, 5.41) is 20.6. The maximum Gasteiger partial charge on any atom is 0.237 e. The molecular weight excluding hydrogens is 310 g/mol. The van der Waals surface area contributed by atoms with Gasteiger partial charge in [0.25, 0.3) is 0 Å². The lowest BCUT2D eigenvalue weighted by Crippen LogP contribution is -1.99. The standard InChI is InChI=1S/C10H5BrClFN4/c1-5-8(13)2-7(12)10(9(5)11)17-16-6(3-14)4-15/h2,17H,1H3. The van der Waals surface area contributed by atoms with Crippen LogP contribution in [0, 0.1) is 35.4 Å². The van der Waals surface area contributed by atoms with Crippen molar-refractivity contribution in [2.75, 3.05) is 5.43 Å². The summed E-state index contributed by atoms with van der Waals surface area (Å²) in [5.74, 6) is -0.461. The van der Waals surface area contributed by atoms with E-state index in [4.69, 9.17) is 22.1 Å². The predicted molar refractivity (Wildman–Crippen MR) is 66.1 cm³/mol. The number of benzene rings is 1. The number of nitrogens with one attached hydrogen (secondary N) is 1. The van der Waals surface area contributed by atoms with Crippen LogP contribution in [-0.4, -0.2) is 5.71 Å². The van der Waals surface area contributed by atoms with E-state index in [2.05, 4.69) is 26.5 Å². The molecule has 7 heteroatoms. The Kier molecular flexibility index (Phi) is 4.45. The molecule has 0 aromatic heterocycles. The van der Waals surface area contributed by atoms with Gasteiger partial charge < -0.3 is 0 Å². The molecule has 17 heavy (non-hydrogen) atoms. The average Bonchev–Trinajstić information content (AvgIpc) is 2.31. The van der Waals surface area contributed by atoms with Gasteiger partial charge in [0.05, 0.1) is 10.7 Å². The number of halogens is 3. The maximum atomic E-state index is 13.3. The largest absolute Gasteiger partial charge is 0.274 e. The van der Waals surface area contributed by atoms with Gasteiger partial charge in [-0.1, -0.05) is 11.6 Å². The van der Waals surface area contributed by atoms with E-state index in [-0.39, 0.29) is 10.7 Å². The second-order valence-electron chi connectivity index (χ2n) is 2.95. The first kappa shape index (κ1) is 13.4. The molecule has 0 heterocycles. The Bertz CT molecular complexity index is 555. The summed E-state index contributed by atoms with van der Waals surface area (Å²) in [5.41, 5.74) is 2.75. The van der Waals surface area contributed by atoms with E-state index in [1.54, 1.807) is 19.1 Å². The summed E-state index contributed by atoms with van der Waals surface area (Å²) in [6.45, 7) is 1.56. The van der Waals surface area contributed by atoms with Crippen LogP contribution in [0.15, 0.2) is 15.6 Å². The van der Waals surface area contributed by atoms with Crippen molar-refractivity contribution in [1.29, 1.82) is 10.5 Å². The highest BCUT2D eigenvalue weighted by Gasteiger charge is 2.12. The van der Waals surface area contributed by atoms with Crippen LogP contribution in [0.25, 0.3) is 0 Å². The monoisotopic (exact) mass is 314 g/mol. The number of hydrogen-bond acceptors (Lipinski definition) is 4. The summed E-state index contributed by atoms with van der Waals surface area (Å²) >= 11 is 8.96. The minimum atomic E-state index is -0.461. The Hall–Kier alpha value is -1.63. The highest BCUT2D eigenvalue weighted by molar-refractivity contribution is 9.10. The fourth-order valence-corrected chi connectivity index (χ4v) is 1.82. The Balaban J connectivity index is 3.18. The zero-order chi connectivity index (χ0) is 13.0. The van der Waals surface area contributed by atoms with Crippen molar-refractivity contribution in [3.63, 3.8) is 0 Å². The normalized spacial score (nSPS) is 9.06. The first-order valence-corrected chi connectivity index (χ1v) is 5.46. The summed E-state index contributed by atoms with van der Waals surface area (Å²) in [7, 11) is 0. The summed E-state index contributed by atoms with van der Waals surface area (Å²) in [6.07, 6.45) is 0. The smallest absolute Gasteiger partial charge is 0.237 e. The van der Waals surface area contributed by atoms with Crippen LogP contribution in [0.2, 0.25) is 5.02 Å². The lowest BCUT2D eigenvalue weighted by molar-refractivity contribution is 0.617. The SMILES string of the molecule is Cc1c(F)cc(Cl)c(NN=C(C#N)C#N)c1Br. The molecule has 0 atom stereocenters. The Morgan fingerprint density at radius 2 is 2.12 bits per heavy atom. The van der Waals surface area contributed by atoms with E-state index in [1.165, 1.54) is 0 Å². The third-order valence-electron chi connectivity index (χ3n) is 1.89. The van der Waals surface area contributed by atoms with E-state index >= 15 is 0 Å². The molecule has 0 unspecified atom stereocenters. The molecule has 0 fully saturated rings. The zero-order valence-electron chi connectivity index (χ0n) is 8.55. The first-order chi connectivity index (χ1) is 8.01. The summed E-state index contributed by atoms with van der Waals surface area (Å²) in [4.78, 5) is 0. The molecule has 0 spiro atoms. The van der Waals surface area contributed by atoms with Gasteiger partial charge in [0.15, 0.2) is 0 Å². The van der Waals surface area contributed by atoms with E-state index in [0.717, 1.165) is 6.07 Å². The third-order valence-corrected chi connectivity index (χ3v) is 3.18. The molecule has 0 amide bonds. The van der Waals surface area contributed by atoms with Crippen molar-refractivity contribution < 1.29 is 4.39 Å². The van der Waals surface area contributed by atoms with Gasteiger partial charge in [0.1, 0.15) is 18.0 Å². The highest BCUT2D eigenvalue weighted by atomic mass is 79.9. The van der Waals surface area contributed by atoms with Crippen molar-refractivity contribution in [3.05, 3.63) is 26.9 Å². The zero-order valence-corrected chi connectivity index (χ0v) is 10.9. The molecule has 0 aliphatic rings. The van der Waals surface area contributed by atoms with Crippen molar-refractivity contribution in [2.24, 2.45) is 5.10 Å². The number of hydrogen-bond donors (Lipinski definition) is 1. The van der Waals surface area contributed by atoms with Gasteiger partial charge in [-0.15, -0.1) is 0 Å². The van der Waals surface area contributed by atoms with Gasteiger partial charge in [-0.25, -0.2) is 4.39 Å². The average molecular weight is 316 g/mol. The van der Waals surface area contributed by atoms with E-state index in [0.29, 0.717) is 15.7 Å². The van der Waals surface area contributed by atoms with E-state index < -0.39 is 5.82 Å². The number of rotatable bonds is 2. The van der Waals surface area contributed by atoms with E-state index in [1.807, 2.05) is 0 Å². The fraction of sp³-hybridized carbons (Fsp3) is 0.100. The first-order valence-electron chi connectivity index (χ1n) is 4.29. The van der Waals surface area contributed by atoms with Crippen LogP contribution in [0.4, 0.5) is 10.1 Å². The van der Waals surface area contributed by atoms with Gasteiger partial charge in [-0.05, 0) is 28.9 Å². The molecule has 1 rings (SSSR count). The van der Waals surface area contributed by atoms with Gasteiger partial charge in [-0.3, -0.25) is 5.43 Å². The van der Waals surface area contributed by atoms with Crippen molar-refractivity contribution in [2.45, 2.75) is 6.92 Å². The van der Waals surface area contributed by atoms with E-state index in [9.17, 15) is 4.39 Å². The number of nitriles is 2. The molecule has 1 aromatic carbocycles. The fourth-order valence-electron chi connectivity index (χ4n) is 0.978. The van der Waals surface area contributed by atoms with Crippen LogP contribution in [-0.2, 0) is 0 Å². The maximum absolute atomic E-state index is 13.3. The second-order valence-corrected chi connectivity index (χ2v) is 4.15. The van der Waals surface area contributed by atoms with Crippen LogP contribution >= 0.6 is 27.5 Å². The Morgan fingerprint density at radius 3 is 2.65 bits per heavy atom. The lowest BCUT2D eigenvalue weighted by atomic mass is 10.2. The third kappa shape index (κ3) is 2.94. The lowest BCUT2D eigenvalue weighted by Gasteiger charge is -2.09.